The highest BCUT2D eigenvalue weighted by atomic mass is 15.1. The molecule has 1 N–H and O–H groups in total. The van der Waals surface area contributed by atoms with Gasteiger partial charge in [-0.15, -0.1) is 0 Å². The molecule has 1 aliphatic rings. The Labute approximate surface area is 90.0 Å². The van der Waals surface area contributed by atoms with Gasteiger partial charge < -0.3 is 5.32 Å². The van der Waals surface area contributed by atoms with E-state index in [9.17, 15) is 0 Å². The predicted molar refractivity (Wildman–Crippen MR) is 60.8 cm³/mol. The van der Waals surface area contributed by atoms with E-state index in [0.717, 1.165) is 23.5 Å². The zero-order valence-corrected chi connectivity index (χ0v) is 9.54. The van der Waals surface area contributed by atoms with Crippen molar-refractivity contribution in [2.75, 3.05) is 0 Å². The van der Waals surface area contributed by atoms with Crippen LogP contribution < -0.4 is 16.0 Å². The Balaban J connectivity index is 2.65. The summed E-state index contributed by atoms with van der Waals surface area (Å²) in [7, 11) is 0. The van der Waals surface area contributed by atoms with Gasteiger partial charge in [0.2, 0.25) is 0 Å². The van der Waals surface area contributed by atoms with E-state index in [0.29, 0.717) is 0 Å². The van der Waals surface area contributed by atoms with E-state index in [4.69, 9.17) is 0 Å². The topological polar surface area (TPSA) is 37.3 Å². The number of nitrogens with one attached hydrogen (secondary N) is 1. The number of pyridine rings is 1. The molecule has 1 atom stereocenters. The molecule has 0 spiro atoms. The molecule has 80 valence electrons. The van der Waals surface area contributed by atoms with Gasteiger partial charge in [0, 0.05) is 17.1 Å². The minimum atomic E-state index is 0.141. The summed E-state index contributed by atoms with van der Waals surface area (Å²) < 4.78 is 0. The molecule has 15 heavy (non-hydrogen) atoms. The van der Waals surface area contributed by atoms with Crippen molar-refractivity contribution in [1.82, 2.24) is 10.3 Å². The van der Waals surface area contributed by atoms with Crippen molar-refractivity contribution in [1.29, 1.82) is 0 Å². The predicted octanol–water partition coefficient (Wildman–Crippen LogP) is 0.513. The van der Waals surface area contributed by atoms with Crippen LogP contribution in [0.5, 0.6) is 0 Å². The van der Waals surface area contributed by atoms with E-state index >= 15 is 0 Å². The fraction of sp³-hybridized carbons (Fsp3) is 0.500. The molecule has 0 aliphatic carbocycles. The minimum Gasteiger partial charge on any atom is -0.369 e. The molecular weight excluding hydrogens is 186 g/mol. The van der Waals surface area contributed by atoms with Gasteiger partial charge in [-0.3, -0.25) is 0 Å². The van der Waals surface area contributed by atoms with Crippen LogP contribution in [-0.2, 0) is 12.8 Å². The molecule has 0 aromatic carbocycles. The molecule has 2 heterocycles. The average molecular weight is 203 g/mol. The summed E-state index contributed by atoms with van der Waals surface area (Å²) in [6.45, 7) is 6.33. The molecule has 1 aliphatic heterocycles. The van der Waals surface area contributed by atoms with Crippen LogP contribution in [0.2, 0.25) is 0 Å². The van der Waals surface area contributed by atoms with E-state index < -0.39 is 0 Å². The van der Waals surface area contributed by atoms with E-state index in [1.54, 1.807) is 0 Å². The Kier molecular flexibility index (Phi) is 2.71. The Bertz CT molecular complexity index is 476. The maximum Gasteiger partial charge on any atom is 0.158 e. The first-order valence-electron chi connectivity index (χ1n) is 5.57. The maximum atomic E-state index is 4.62. The van der Waals surface area contributed by atoms with Gasteiger partial charge in [-0.2, -0.15) is 0 Å². The minimum absolute atomic E-state index is 0.141. The average Bonchev–Trinajstić information content (AvgIpc) is 2.27. The summed E-state index contributed by atoms with van der Waals surface area (Å²) in [5, 5.41) is 4.31. The van der Waals surface area contributed by atoms with Crippen LogP contribution in [0.15, 0.2) is 11.1 Å². The van der Waals surface area contributed by atoms with Crippen molar-refractivity contribution in [3.63, 3.8) is 0 Å². The first-order chi connectivity index (χ1) is 7.24. The molecule has 0 fully saturated rings. The molecule has 1 aromatic rings. The quantitative estimate of drug-likeness (QED) is 0.760. The Hall–Kier alpha value is -1.38. The maximum absolute atomic E-state index is 4.62. The summed E-state index contributed by atoms with van der Waals surface area (Å²) in [6.07, 6.45) is 4.17. The van der Waals surface area contributed by atoms with Gasteiger partial charge in [-0.05, 0) is 31.4 Å². The van der Waals surface area contributed by atoms with Gasteiger partial charge in [0.25, 0.3) is 0 Å². The van der Waals surface area contributed by atoms with Crippen LogP contribution in [0.25, 0.3) is 6.20 Å². The van der Waals surface area contributed by atoms with Crippen molar-refractivity contribution in [3.8, 4) is 0 Å². The van der Waals surface area contributed by atoms with E-state index in [2.05, 4.69) is 35.2 Å². The van der Waals surface area contributed by atoms with Crippen LogP contribution in [0.3, 0.4) is 0 Å². The zero-order valence-electron chi connectivity index (χ0n) is 9.54. The Morgan fingerprint density at radius 2 is 2.13 bits per heavy atom. The lowest BCUT2D eigenvalue weighted by molar-refractivity contribution is 0.651. The molecule has 0 amide bonds. The van der Waals surface area contributed by atoms with Crippen LogP contribution in [0.4, 0.5) is 0 Å². The van der Waals surface area contributed by atoms with E-state index in [-0.39, 0.29) is 6.17 Å². The standard InChI is InChI=1S/C12H17N3/c1-4-9-6-10-7-13-8(3)14-12(10)15-11(9)5-2/h6-8,13H,4-5H2,1-3H3/t8-/m0/s1. The van der Waals surface area contributed by atoms with Gasteiger partial charge in [0.1, 0.15) is 6.17 Å². The Morgan fingerprint density at radius 1 is 1.33 bits per heavy atom. The van der Waals surface area contributed by atoms with E-state index in [1.165, 1.54) is 11.3 Å². The molecule has 0 unspecified atom stereocenters. The smallest absolute Gasteiger partial charge is 0.158 e. The number of rotatable bonds is 2. The fourth-order valence-electron chi connectivity index (χ4n) is 1.85. The number of nitrogens with zero attached hydrogens (tertiary/aromatic N) is 2. The largest absolute Gasteiger partial charge is 0.369 e. The zero-order chi connectivity index (χ0) is 10.8. The monoisotopic (exact) mass is 203 g/mol. The lowest BCUT2D eigenvalue weighted by Gasteiger charge is -2.12. The number of fused-ring (bicyclic) bond motifs is 1. The normalized spacial score (nSPS) is 18.5. The summed E-state index contributed by atoms with van der Waals surface area (Å²) in [6, 6.07) is 2.20. The third kappa shape index (κ3) is 1.87. The highest BCUT2D eigenvalue weighted by molar-refractivity contribution is 5.28. The van der Waals surface area contributed by atoms with Crippen molar-refractivity contribution in [2.45, 2.75) is 39.8 Å². The van der Waals surface area contributed by atoms with Crippen molar-refractivity contribution in [3.05, 3.63) is 28.0 Å². The van der Waals surface area contributed by atoms with Crippen molar-refractivity contribution in [2.24, 2.45) is 4.99 Å². The van der Waals surface area contributed by atoms with Crippen LogP contribution in [-0.4, -0.2) is 11.1 Å². The van der Waals surface area contributed by atoms with Gasteiger partial charge in [-0.1, -0.05) is 13.8 Å². The second kappa shape index (κ2) is 4.01. The molecule has 0 saturated heterocycles. The lowest BCUT2D eigenvalue weighted by Crippen LogP contribution is -2.40. The Morgan fingerprint density at radius 3 is 2.80 bits per heavy atom. The molecule has 3 heteroatoms. The van der Waals surface area contributed by atoms with Gasteiger partial charge in [0.05, 0.1) is 0 Å². The molecular formula is C12H17N3. The highest BCUT2D eigenvalue weighted by Crippen LogP contribution is 2.03. The number of hydrogen-bond donors (Lipinski definition) is 1. The first kappa shape index (κ1) is 10.1. The van der Waals surface area contributed by atoms with Crippen molar-refractivity contribution < 1.29 is 0 Å². The number of hydrogen-bond acceptors (Lipinski definition) is 3. The first-order valence-corrected chi connectivity index (χ1v) is 5.57. The summed E-state index contributed by atoms with van der Waals surface area (Å²) in [5.41, 5.74) is 3.40. The van der Waals surface area contributed by atoms with Gasteiger partial charge in [0.15, 0.2) is 5.49 Å². The van der Waals surface area contributed by atoms with Crippen LogP contribution in [0, 0.1) is 0 Å². The third-order valence-corrected chi connectivity index (χ3v) is 2.71. The van der Waals surface area contributed by atoms with Gasteiger partial charge in [-0.25, -0.2) is 9.98 Å². The molecule has 0 saturated carbocycles. The summed E-state index contributed by atoms with van der Waals surface area (Å²) in [4.78, 5) is 9.09. The van der Waals surface area contributed by atoms with E-state index in [1.807, 2.05) is 13.1 Å². The van der Waals surface area contributed by atoms with Crippen LogP contribution in [0.1, 0.15) is 32.0 Å². The highest BCUT2D eigenvalue weighted by Gasteiger charge is 2.06. The lowest BCUT2D eigenvalue weighted by atomic mass is 10.1. The molecule has 0 radical (unpaired) electrons. The molecule has 2 rings (SSSR count). The third-order valence-electron chi connectivity index (χ3n) is 2.71. The SMILES string of the molecule is CCc1cc2c(nc1CC)=N[C@@H](C)NC=2. The number of aromatic nitrogens is 1. The molecule has 1 aromatic heterocycles. The summed E-state index contributed by atoms with van der Waals surface area (Å²) >= 11 is 0. The molecule has 3 nitrogen and oxygen atoms in total. The number of aryl methyl sites for hydroxylation is 2. The van der Waals surface area contributed by atoms with Crippen molar-refractivity contribution >= 4 is 6.20 Å². The molecule has 0 bridgehead atoms. The fourth-order valence-corrected chi connectivity index (χ4v) is 1.85. The van der Waals surface area contributed by atoms with Gasteiger partial charge >= 0.3 is 0 Å². The summed E-state index contributed by atoms with van der Waals surface area (Å²) in [5.74, 6) is 0. The second-order valence-corrected chi connectivity index (χ2v) is 3.83. The van der Waals surface area contributed by atoms with Crippen LogP contribution >= 0.6 is 0 Å². The second-order valence-electron chi connectivity index (χ2n) is 3.83.